The molecule has 0 heterocycles. The summed E-state index contributed by atoms with van der Waals surface area (Å²) in [7, 11) is 0. The molecule has 1 rings (SSSR count). The second-order valence-electron chi connectivity index (χ2n) is 4.24. The molecule has 7 heteroatoms. The molecule has 5 nitrogen and oxygen atoms in total. The van der Waals surface area contributed by atoms with E-state index in [0.717, 1.165) is 0 Å². The number of carboxylic acids is 1. The molecule has 0 aromatic heterocycles. The highest BCUT2D eigenvalue weighted by atomic mass is 19.3. The Bertz CT molecular complexity index is 462. The van der Waals surface area contributed by atoms with Crippen LogP contribution in [0.3, 0.4) is 0 Å². The lowest BCUT2D eigenvalue weighted by atomic mass is 10.1. The van der Waals surface area contributed by atoms with Crippen LogP contribution in [0.5, 0.6) is 5.75 Å². The fraction of sp³-hybridized carbons (Fsp3) is 0.385. The summed E-state index contributed by atoms with van der Waals surface area (Å²) in [6.45, 7) is -1.36. The summed E-state index contributed by atoms with van der Waals surface area (Å²) in [6.07, 6.45) is 0.0430. The van der Waals surface area contributed by atoms with E-state index in [1.54, 1.807) is 0 Å². The van der Waals surface area contributed by atoms with E-state index in [4.69, 9.17) is 5.11 Å². The lowest BCUT2D eigenvalue weighted by Crippen LogP contribution is -2.32. The summed E-state index contributed by atoms with van der Waals surface area (Å²) < 4.78 is 28.1. The van der Waals surface area contributed by atoms with Crippen molar-refractivity contribution in [2.75, 3.05) is 6.54 Å². The molecule has 0 saturated heterocycles. The van der Waals surface area contributed by atoms with Gasteiger partial charge in [-0.25, -0.2) is 0 Å². The van der Waals surface area contributed by atoms with Crippen LogP contribution in [0.4, 0.5) is 8.78 Å². The van der Waals surface area contributed by atoms with Crippen molar-refractivity contribution in [2.45, 2.75) is 20.0 Å². The molecule has 1 aromatic carbocycles. The van der Waals surface area contributed by atoms with Crippen molar-refractivity contribution in [3.05, 3.63) is 29.8 Å². The zero-order valence-electron chi connectivity index (χ0n) is 10.8. The van der Waals surface area contributed by atoms with Gasteiger partial charge in [-0.1, -0.05) is 19.1 Å². The SMILES string of the molecule is CC(CNC(=O)Cc1ccc(OC(F)F)cc1)C(=O)O. The van der Waals surface area contributed by atoms with Gasteiger partial charge < -0.3 is 15.2 Å². The van der Waals surface area contributed by atoms with Crippen molar-refractivity contribution in [3.63, 3.8) is 0 Å². The quantitative estimate of drug-likeness (QED) is 0.800. The Labute approximate surface area is 114 Å². The van der Waals surface area contributed by atoms with E-state index in [1.165, 1.54) is 31.2 Å². The molecule has 1 amide bonds. The molecule has 0 radical (unpaired) electrons. The van der Waals surface area contributed by atoms with Crippen LogP contribution in [0, 0.1) is 5.92 Å². The predicted octanol–water partition coefficient (Wildman–Crippen LogP) is 1.67. The van der Waals surface area contributed by atoms with Gasteiger partial charge in [0.15, 0.2) is 0 Å². The zero-order valence-corrected chi connectivity index (χ0v) is 10.8. The predicted molar refractivity (Wildman–Crippen MR) is 66.6 cm³/mol. The molecule has 0 saturated carbocycles. The Morgan fingerprint density at radius 3 is 2.40 bits per heavy atom. The molecule has 1 unspecified atom stereocenters. The number of nitrogens with one attached hydrogen (secondary N) is 1. The van der Waals surface area contributed by atoms with Crippen LogP contribution >= 0.6 is 0 Å². The van der Waals surface area contributed by atoms with Gasteiger partial charge in [0.05, 0.1) is 12.3 Å². The zero-order chi connectivity index (χ0) is 15.1. The maximum atomic E-state index is 11.9. The van der Waals surface area contributed by atoms with Gasteiger partial charge in [0, 0.05) is 6.54 Å². The molecule has 2 N–H and O–H groups in total. The molecule has 0 bridgehead atoms. The first-order valence-corrected chi connectivity index (χ1v) is 5.91. The Balaban J connectivity index is 2.44. The number of benzene rings is 1. The van der Waals surface area contributed by atoms with Gasteiger partial charge in [-0.05, 0) is 17.7 Å². The van der Waals surface area contributed by atoms with E-state index in [0.29, 0.717) is 5.56 Å². The van der Waals surface area contributed by atoms with Crippen LogP contribution < -0.4 is 10.1 Å². The average Bonchev–Trinajstić information content (AvgIpc) is 2.37. The Morgan fingerprint density at radius 2 is 1.90 bits per heavy atom. The van der Waals surface area contributed by atoms with Gasteiger partial charge in [0.2, 0.25) is 5.91 Å². The second-order valence-corrected chi connectivity index (χ2v) is 4.24. The number of carbonyl (C=O) groups is 2. The topological polar surface area (TPSA) is 75.6 Å². The number of carboxylic acid groups (broad SMARTS) is 1. The number of halogens is 2. The van der Waals surface area contributed by atoms with E-state index in [1.807, 2.05) is 0 Å². The van der Waals surface area contributed by atoms with E-state index >= 15 is 0 Å². The number of rotatable bonds is 7. The number of aliphatic carboxylic acids is 1. The number of hydrogen-bond donors (Lipinski definition) is 2. The van der Waals surface area contributed by atoms with E-state index in [2.05, 4.69) is 10.1 Å². The minimum absolute atomic E-state index is 0.0173. The first kappa shape index (κ1) is 15.9. The van der Waals surface area contributed by atoms with Crippen molar-refractivity contribution in [2.24, 2.45) is 5.92 Å². The lowest BCUT2D eigenvalue weighted by Gasteiger charge is -2.09. The highest BCUT2D eigenvalue weighted by molar-refractivity contribution is 5.79. The van der Waals surface area contributed by atoms with Crippen molar-refractivity contribution in [3.8, 4) is 5.75 Å². The van der Waals surface area contributed by atoms with Gasteiger partial charge in [-0.3, -0.25) is 9.59 Å². The molecule has 110 valence electrons. The number of carbonyl (C=O) groups excluding carboxylic acids is 1. The molecule has 1 aromatic rings. The third kappa shape index (κ3) is 5.64. The maximum absolute atomic E-state index is 11.9. The first-order valence-electron chi connectivity index (χ1n) is 5.91. The van der Waals surface area contributed by atoms with Crippen molar-refractivity contribution in [1.29, 1.82) is 0 Å². The minimum atomic E-state index is -2.89. The van der Waals surface area contributed by atoms with Gasteiger partial charge in [-0.2, -0.15) is 8.78 Å². The Kier molecular flexibility index (Phi) is 5.89. The van der Waals surface area contributed by atoms with Crippen LogP contribution in [0.15, 0.2) is 24.3 Å². The van der Waals surface area contributed by atoms with Crippen LogP contribution in [0.2, 0.25) is 0 Å². The molecule has 0 fully saturated rings. The van der Waals surface area contributed by atoms with Crippen LogP contribution in [0.25, 0.3) is 0 Å². The summed E-state index contributed by atoms with van der Waals surface area (Å²) in [5, 5.41) is 11.1. The fourth-order valence-electron chi connectivity index (χ4n) is 1.39. The van der Waals surface area contributed by atoms with Crippen LogP contribution in [0.1, 0.15) is 12.5 Å². The van der Waals surface area contributed by atoms with Gasteiger partial charge >= 0.3 is 12.6 Å². The molecule has 0 spiro atoms. The molecular formula is C13H15F2NO4. The summed E-state index contributed by atoms with van der Waals surface area (Å²) in [6, 6.07) is 5.68. The number of ether oxygens (including phenoxy) is 1. The Hall–Kier alpha value is -2.18. The third-order valence-electron chi connectivity index (χ3n) is 2.54. The fourth-order valence-corrected chi connectivity index (χ4v) is 1.39. The first-order chi connectivity index (χ1) is 9.38. The van der Waals surface area contributed by atoms with Gasteiger partial charge in [-0.15, -0.1) is 0 Å². The number of amides is 1. The van der Waals surface area contributed by atoms with E-state index < -0.39 is 18.5 Å². The third-order valence-corrected chi connectivity index (χ3v) is 2.54. The van der Waals surface area contributed by atoms with E-state index in [9.17, 15) is 18.4 Å². The van der Waals surface area contributed by atoms with Crippen molar-refractivity contribution in [1.82, 2.24) is 5.32 Å². The van der Waals surface area contributed by atoms with E-state index in [-0.39, 0.29) is 24.6 Å². The molecule has 0 aliphatic heterocycles. The number of alkyl halides is 2. The average molecular weight is 287 g/mol. The summed E-state index contributed by atoms with van der Waals surface area (Å²) in [5.74, 6) is -1.97. The van der Waals surface area contributed by atoms with Gasteiger partial charge in [0.25, 0.3) is 0 Å². The highest BCUT2D eigenvalue weighted by Gasteiger charge is 2.12. The van der Waals surface area contributed by atoms with Crippen LogP contribution in [-0.2, 0) is 16.0 Å². The smallest absolute Gasteiger partial charge is 0.387 e. The van der Waals surface area contributed by atoms with Gasteiger partial charge in [0.1, 0.15) is 5.75 Å². The highest BCUT2D eigenvalue weighted by Crippen LogP contribution is 2.15. The molecule has 0 aliphatic carbocycles. The molecular weight excluding hydrogens is 272 g/mol. The summed E-state index contributed by atoms with van der Waals surface area (Å²) in [5.41, 5.74) is 0.618. The largest absolute Gasteiger partial charge is 0.481 e. The molecule has 0 aliphatic rings. The normalized spacial score (nSPS) is 12.0. The van der Waals surface area contributed by atoms with Crippen molar-refractivity contribution < 1.29 is 28.2 Å². The van der Waals surface area contributed by atoms with Crippen LogP contribution in [-0.4, -0.2) is 30.1 Å². The summed E-state index contributed by atoms with van der Waals surface area (Å²) in [4.78, 5) is 22.1. The van der Waals surface area contributed by atoms with Crippen molar-refractivity contribution >= 4 is 11.9 Å². The Morgan fingerprint density at radius 1 is 1.30 bits per heavy atom. The summed E-state index contributed by atoms with van der Waals surface area (Å²) >= 11 is 0. The maximum Gasteiger partial charge on any atom is 0.387 e. The molecule has 1 atom stereocenters. The standard InChI is InChI=1S/C13H15F2NO4/c1-8(12(18)19)7-16-11(17)6-9-2-4-10(5-3-9)20-13(14)15/h2-5,8,13H,6-7H2,1H3,(H,16,17)(H,18,19). The lowest BCUT2D eigenvalue weighted by molar-refractivity contribution is -0.141. The second kappa shape index (κ2) is 7.42. The number of hydrogen-bond acceptors (Lipinski definition) is 3. The molecule has 20 heavy (non-hydrogen) atoms. The monoisotopic (exact) mass is 287 g/mol. The minimum Gasteiger partial charge on any atom is -0.481 e.